The number of ether oxygens (including phenoxy) is 1. The fourth-order valence-corrected chi connectivity index (χ4v) is 3.49. The first-order valence-electron chi connectivity index (χ1n) is 7.65. The van der Waals surface area contributed by atoms with Gasteiger partial charge in [0.05, 0.1) is 12.7 Å². The van der Waals surface area contributed by atoms with E-state index in [2.05, 4.69) is 25.7 Å². The molecule has 2 heterocycles. The summed E-state index contributed by atoms with van der Waals surface area (Å²) < 4.78 is 5.54. The highest BCUT2D eigenvalue weighted by Gasteiger charge is 2.43. The van der Waals surface area contributed by atoms with Crippen molar-refractivity contribution in [1.82, 2.24) is 4.90 Å². The zero-order chi connectivity index (χ0) is 14.9. The number of hydrogen-bond donors (Lipinski definition) is 3. The minimum absolute atomic E-state index is 0.249. The second-order valence-corrected chi connectivity index (χ2v) is 7.56. The van der Waals surface area contributed by atoms with Gasteiger partial charge < -0.3 is 25.0 Å². The summed E-state index contributed by atoms with van der Waals surface area (Å²) in [6.45, 7) is 9.23. The van der Waals surface area contributed by atoms with Crippen molar-refractivity contribution in [3.8, 4) is 0 Å². The van der Waals surface area contributed by atoms with E-state index in [0.29, 0.717) is 17.9 Å². The lowest BCUT2D eigenvalue weighted by Crippen LogP contribution is -2.39. The van der Waals surface area contributed by atoms with Gasteiger partial charge in [-0.05, 0) is 30.7 Å². The number of hydrogen-bond acceptors (Lipinski definition) is 5. The summed E-state index contributed by atoms with van der Waals surface area (Å²) in [5.74, 6) is 0.701. The molecule has 5 heteroatoms. The lowest BCUT2D eigenvalue weighted by molar-refractivity contribution is -0.0304. The first kappa shape index (κ1) is 16.2. The van der Waals surface area contributed by atoms with E-state index in [1.54, 1.807) is 0 Å². The lowest BCUT2D eigenvalue weighted by atomic mass is 9.84. The van der Waals surface area contributed by atoms with Gasteiger partial charge in [-0.15, -0.1) is 0 Å². The van der Waals surface area contributed by atoms with Crippen LogP contribution in [0.3, 0.4) is 0 Å². The van der Waals surface area contributed by atoms with Gasteiger partial charge >= 0.3 is 0 Å². The summed E-state index contributed by atoms with van der Waals surface area (Å²) >= 11 is 0. The highest BCUT2D eigenvalue weighted by Crippen LogP contribution is 2.31. The summed E-state index contributed by atoms with van der Waals surface area (Å²) in [5, 5.41) is 28.8. The molecular weight excluding hydrogens is 258 g/mol. The molecule has 2 fully saturated rings. The number of rotatable bonds is 4. The minimum Gasteiger partial charge on any atom is -0.394 e. The van der Waals surface area contributed by atoms with E-state index in [0.717, 1.165) is 13.1 Å². The maximum atomic E-state index is 9.96. The second kappa shape index (κ2) is 6.28. The van der Waals surface area contributed by atoms with Gasteiger partial charge in [-0.2, -0.15) is 0 Å². The predicted molar refractivity (Wildman–Crippen MR) is 76.4 cm³/mol. The molecule has 1 unspecified atom stereocenters. The molecule has 20 heavy (non-hydrogen) atoms. The Morgan fingerprint density at radius 2 is 1.80 bits per heavy atom. The van der Waals surface area contributed by atoms with Crippen LogP contribution in [-0.4, -0.2) is 70.9 Å². The average Bonchev–Trinajstić information content (AvgIpc) is 2.87. The molecule has 2 rings (SSSR count). The number of aliphatic hydroxyl groups excluding tert-OH is 3. The van der Waals surface area contributed by atoms with Gasteiger partial charge in [0.25, 0.3) is 0 Å². The zero-order valence-electron chi connectivity index (χ0n) is 12.8. The van der Waals surface area contributed by atoms with Crippen molar-refractivity contribution in [3.05, 3.63) is 0 Å². The van der Waals surface area contributed by atoms with Crippen LogP contribution in [0.25, 0.3) is 0 Å². The van der Waals surface area contributed by atoms with Gasteiger partial charge in [0.2, 0.25) is 0 Å². The molecule has 2 saturated heterocycles. The maximum absolute atomic E-state index is 9.96. The van der Waals surface area contributed by atoms with Gasteiger partial charge in [0.1, 0.15) is 18.3 Å². The molecular formula is C15H29NO4. The topological polar surface area (TPSA) is 73.2 Å². The van der Waals surface area contributed by atoms with E-state index in [-0.39, 0.29) is 6.61 Å². The van der Waals surface area contributed by atoms with Crippen LogP contribution < -0.4 is 0 Å². The van der Waals surface area contributed by atoms with Crippen molar-refractivity contribution < 1.29 is 20.1 Å². The van der Waals surface area contributed by atoms with Crippen LogP contribution in [0.15, 0.2) is 0 Å². The Kier molecular flexibility index (Phi) is 5.08. The molecule has 5 atom stereocenters. The van der Waals surface area contributed by atoms with Crippen molar-refractivity contribution in [2.45, 2.75) is 58.0 Å². The van der Waals surface area contributed by atoms with Crippen LogP contribution in [0.1, 0.15) is 33.6 Å². The van der Waals surface area contributed by atoms with Crippen LogP contribution in [0.5, 0.6) is 0 Å². The van der Waals surface area contributed by atoms with E-state index in [9.17, 15) is 10.2 Å². The molecule has 0 radical (unpaired) electrons. The second-order valence-electron chi connectivity index (χ2n) is 7.56. The van der Waals surface area contributed by atoms with Crippen LogP contribution in [0.2, 0.25) is 0 Å². The van der Waals surface area contributed by atoms with E-state index in [1.807, 2.05) is 0 Å². The van der Waals surface area contributed by atoms with Crippen LogP contribution in [-0.2, 0) is 4.74 Å². The van der Waals surface area contributed by atoms with Crippen LogP contribution in [0, 0.1) is 11.3 Å². The molecule has 0 bridgehead atoms. The molecule has 2 aliphatic rings. The summed E-state index contributed by atoms with van der Waals surface area (Å²) in [4.78, 5) is 2.30. The van der Waals surface area contributed by atoms with Crippen LogP contribution in [0.4, 0.5) is 0 Å². The summed E-state index contributed by atoms with van der Waals surface area (Å²) in [7, 11) is 0. The monoisotopic (exact) mass is 287 g/mol. The standard InChI is InChI=1S/C15H29NO4/c1-15(2,3)6-10-4-5-16(7-10)8-11-13(18)14(19)12(9-17)20-11/h10-14,17-19H,4-9H2,1-3H3/t10?,11-,12+,13-,14+/m0/s1. The molecule has 3 N–H and O–H groups in total. The van der Waals surface area contributed by atoms with Gasteiger partial charge in [-0.25, -0.2) is 0 Å². The maximum Gasteiger partial charge on any atom is 0.111 e. The Morgan fingerprint density at radius 3 is 2.35 bits per heavy atom. The fourth-order valence-electron chi connectivity index (χ4n) is 3.49. The smallest absolute Gasteiger partial charge is 0.111 e. The first-order chi connectivity index (χ1) is 9.30. The van der Waals surface area contributed by atoms with Crippen molar-refractivity contribution in [2.75, 3.05) is 26.2 Å². The summed E-state index contributed by atoms with van der Waals surface area (Å²) in [6.07, 6.45) is -0.517. The quantitative estimate of drug-likeness (QED) is 0.690. The fraction of sp³-hybridized carbons (Fsp3) is 1.00. The molecule has 0 amide bonds. The largest absolute Gasteiger partial charge is 0.394 e. The van der Waals surface area contributed by atoms with E-state index >= 15 is 0 Å². The molecule has 0 saturated carbocycles. The summed E-state index contributed by atoms with van der Waals surface area (Å²) in [6, 6.07) is 0. The third-order valence-electron chi connectivity index (χ3n) is 4.35. The van der Waals surface area contributed by atoms with E-state index in [4.69, 9.17) is 9.84 Å². The molecule has 0 aromatic heterocycles. The Morgan fingerprint density at radius 1 is 1.15 bits per heavy atom. The normalized spacial score (nSPS) is 39.6. The first-order valence-corrected chi connectivity index (χ1v) is 7.65. The molecule has 2 aliphatic heterocycles. The van der Waals surface area contributed by atoms with E-state index in [1.165, 1.54) is 12.8 Å². The highest BCUT2D eigenvalue weighted by atomic mass is 16.6. The molecule has 118 valence electrons. The average molecular weight is 287 g/mol. The zero-order valence-corrected chi connectivity index (χ0v) is 12.8. The van der Waals surface area contributed by atoms with Gasteiger partial charge in [-0.3, -0.25) is 0 Å². The Balaban J connectivity index is 1.81. The van der Waals surface area contributed by atoms with Gasteiger partial charge in [-0.1, -0.05) is 20.8 Å². The van der Waals surface area contributed by atoms with Crippen LogP contribution >= 0.6 is 0 Å². The van der Waals surface area contributed by atoms with Crippen molar-refractivity contribution >= 4 is 0 Å². The molecule has 0 aromatic rings. The van der Waals surface area contributed by atoms with Crippen molar-refractivity contribution in [3.63, 3.8) is 0 Å². The highest BCUT2D eigenvalue weighted by molar-refractivity contribution is 4.93. The molecule has 0 aromatic carbocycles. The van der Waals surface area contributed by atoms with Gasteiger partial charge in [0.15, 0.2) is 0 Å². The lowest BCUT2D eigenvalue weighted by Gasteiger charge is -2.25. The third kappa shape index (κ3) is 3.92. The number of nitrogens with zero attached hydrogens (tertiary/aromatic N) is 1. The summed E-state index contributed by atoms with van der Waals surface area (Å²) in [5.41, 5.74) is 0.349. The van der Waals surface area contributed by atoms with Crippen molar-refractivity contribution in [1.29, 1.82) is 0 Å². The predicted octanol–water partition coefficient (Wildman–Crippen LogP) is 0.226. The molecule has 5 nitrogen and oxygen atoms in total. The van der Waals surface area contributed by atoms with Crippen molar-refractivity contribution in [2.24, 2.45) is 11.3 Å². The number of likely N-dealkylation sites (tertiary alicyclic amines) is 1. The third-order valence-corrected chi connectivity index (χ3v) is 4.35. The Hall–Kier alpha value is -0.200. The van der Waals surface area contributed by atoms with E-state index < -0.39 is 24.4 Å². The Labute approximate surface area is 121 Å². The minimum atomic E-state index is -0.974. The molecule has 0 aliphatic carbocycles. The Bertz CT molecular complexity index is 317. The number of aliphatic hydroxyl groups is 3. The SMILES string of the molecule is CC(C)(C)CC1CCN(C[C@@H]2O[C@H](CO)[C@@H](O)[C@H]2O)C1. The molecule has 0 spiro atoms. The van der Waals surface area contributed by atoms with Gasteiger partial charge in [0, 0.05) is 13.1 Å².